The Morgan fingerprint density at radius 2 is 1.23 bits per heavy atom. The second-order valence-electron chi connectivity index (χ2n) is 6.28. The van der Waals surface area contributed by atoms with Crippen molar-refractivity contribution in [1.29, 1.82) is 0 Å². The van der Waals surface area contributed by atoms with E-state index in [4.69, 9.17) is 14.3 Å². The Morgan fingerprint density at radius 1 is 0.645 bits per heavy atom. The van der Waals surface area contributed by atoms with E-state index in [0.717, 1.165) is 0 Å². The molecule has 0 atom stereocenters. The van der Waals surface area contributed by atoms with E-state index in [1.54, 1.807) is 60.7 Å². The zero-order valence-corrected chi connectivity index (χ0v) is 16.9. The average Bonchev–Trinajstić information content (AvgIpc) is 2.84. The van der Waals surface area contributed by atoms with Crippen LogP contribution in [0.1, 0.15) is 26.3 Å². The number of oxime groups is 1. The Balaban J connectivity index is 1.93. The van der Waals surface area contributed by atoms with Crippen LogP contribution in [0, 0.1) is 0 Å². The minimum Gasteiger partial charge on any atom is -0.493 e. The highest BCUT2D eigenvalue weighted by atomic mass is 16.7. The van der Waals surface area contributed by atoms with Gasteiger partial charge in [-0.15, -0.1) is 0 Å². The van der Waals surface area contributed by atoms with E-state index in [9.17, 15) is 14.4 Å². The van der Waals surface area contributed by atoms with Gasteiger partial charge in [0.1, 0.15) is 0 Å². The molecule has 0 aliphatic carbocycles. The summed E-state index contributed by atoms with van der Waals surface area (Å²) in [4.78, 5) is 42.4. The first-order chi connectivity index (χ1) is 15.0. The van der Waals surface area contributed by atoms with Crippen LogP contribution in [-0.2, 0) is 9.63 Å². The Morgan fingerprint density at radius 3 is 1.81 bits per heavy atom. The number of ketones is 2. The normalized spacial score (nSPS) is 10.8. The summed E-state index contributed by atoms with van der Waals surface area (Å²) >= 11 is 0. The SMILES string of the molecule is COc1ccc(C(=O)C(=NOC(=O)C(=O)c2ccccc2)c2ccccc2)cc1OC. The Hall–Kier alpha value is -4.26. The number of nitrogens with zero attached hydrogens (tertiary/aromatic N) is 1. The molecule has 3 aromatic rings. The first-order valence-electron chi connectivity index (χ1n) is 9.26. The van der Waals surface area contributed by atoms with Gasteiger partial charge in [0.25, 0.3) is 5.78 Å². The van der Waals surface area contributed by atoms with Gasteiger partial charge in [-0.2, -0.15) is 0 Å². The average molecular weight is 417 g/mol. The smallest absolute Gasteiger partial charge is 0.405 e. The van der Waals surface area contributed by atoms with Crippen molar-refractivity contribution in [1.82, 2.24) is 0 Å². The third-order valence-electron chi connectivity index (χ3n) is 4.35. The van der Waals surface area contributed by atoms with E-state index >= 15 is 0 Å². The highest BCUT2D eigenvalue weighted by Crippen LogP contribution is 2.28. The van der Waals surface area contributed by atoms with Crippen molar-refractivity contribution < 1.29 is 28.7 Å². The number of ether oxygens (including phenoxy) is 2. The lowest BCUT2D eigenvalue weighted by atomic mass is 10.0. The highest BCUT2D eigenvalue weighted by molar-refractivity contribution is 6.51. The fraction of sp³-hybridized carbons (Fsp3) is 0.0833. The van der Waals surface area contributed by atoms with Crippen LogP contribution in [0.5, 0.6) is 11.5 Å². The maximum atomic E-state index is 13.2. The maximum Gasteiger partial charge on any atom is 0.405 e. The molecule has 31 heavy (non-hydrogen) atoms. The molecule has 0 radical (unpaired) electrons. The molecule has 0 amide bonds. The van der Waals surface area contributed by atoms with Crippen LogP contribution in [0.25, 0.3) is 0 Å². The summed E-state index contributed by atoms with van der Waals surface area (Å²) in [7, 11) is 2.94. The topological polar surface area (TPSA) is 91.3 Å². The number of Topliss-reactive ketones (excluding diaryl/α,β-unsaturated/α-hetero) is 2. The van der Waals surface area contributed by atoms with Crippen LogP contribution in [0.2, 0.25) is 0 Å². The molecule has 0 aromatic heterocycles. The van der Waals surface area contributed by atoms with Crippen LogP contribution >= 0.6 is 0 Å². The molecule has 0 unspecified atom stereocenters. The lowest BCUT2D eigenvalue weighted by molar-refractivity contribution is -0.138. The van der Waals surface area contributed by atoms with Gasteiger partial charge in [-0.1, -0.05) is 65.8 Å². The third-order valence-corrected chi connectivity index (χ3v) is 4.35. The van der Waals surface area contributed by atoms with Gasteiger partial charge >= 0.3 is 5.97 Å². The number of carbonyl (C=O) groups is 3. The number of hydrogen-bond acceptors (Lipinski definition) is 7. The van der Waals surface area contributed by atoms with Crippen LogP contribution in [-0.4, -0.2) is 37.5 Å². The molecular formula is C24H19NO6. The molecule has 0 saturated heterocycles. The molecule has 0 aliphatic heterocycles. The highest BCUT2D eigenvalue weighted by Gasteiger charge is 2.22. The van der Waals surface area contributed by atoms with Crippen LogP contribution in [0.15, 0.2) is 84.0 Å². The molecule has 3 aromatic carbocycles. The molecule has 0 heterocycles. The summed E-state index contributed by atoms with van der Waals surface area (Å²) in [6.07, 6.45) is 0. The largest absolute Gasteiger partial charge is 0.493 e. The summed E-state index contributed by atoms with van der Waals surface area (Å²) in [6.45, 7) is 0. The van der Waals surface area contributed by atoms with Crippen LogP contribution < -0.4 is 9.47 Å². The number of methoxy groups -OCH3 is 2. The van der Waals surface area contributed by atoms with Crippen molar-refractivity contribution in [3.8, 4) is 11.5 Å². The van der Waals surface area contributed by atoms with E-state index in [-0.39, 0.29) is 16.8 Å². The van der Waals surface area contributed by atoms with E-state index in [1.165, 1.54) is 32.4 Å². The van der Waals surface area contributed by atoms with Crippen LogP contribution in [0.3, 0.4) is 0 Å². The van der Waals surface area contributed by atoms with Gasteiger partial charge in [-0.25, -0.2) is 4.79 Å². The minimum atomic E-state index is -1.19. The predicted octanol–water partition coefficient (Wildman–Crippen LogP) is 3.72. The molecular weight excluding hydrogens is 398 g/mol. The van der Waals surface area contributed by atoms with Crippen molar-refractivity contribution >= 4 is 23.2 Å². The number of benzene rings is 3. The summed E-state index contributed by atoms with van der Waals surface area (Å²) in [5, 5.41) is 3.74. The molecule has 3 rings (SSSR count). The zero-order valence-electron chi connectivity index (χ0n) is 16.9. The fourth-order valence-electron chi connectivity index (χ4n) is 2.77. The van der Waals surface area contributed by atoms with Crippen molar-refractivity contribution in [3.63, 3.8) is 0 Å². The van der Waals surface area contributed by atoms with Gasteiger partial charge < -0.3 is 14.3 Å². The summed E-state index contributed by atoms with van der Waals surface area (Å²) in [5.74, 6) is -1.77. The number of carbonyl (C=O) groups excluding carboxylic acids is 3. The maximum absolute atomic E-state index is 13.2. The van der Waals surface area contributed by atoms with Gasteiger partial charge in [0.2, 0.25) is 5.78 Å². The standard InChI is InChI=1S/C24H19NO6/c1-29-19-14-13-18(15-20(19)30-2)22(26)21(16-9-5-3-6-10-16)25-31-24(28)23(27)17-11-7-4-8-12-17/h3-15H,1-2H3. The number of rotatable bonds is 8. The molecule has 0 saturated carbocycles. The van der Waals surface area contributed by atoms with E-state index in [2.05, 4.69) is 5.16 Å². The van der Waals surface area contributed by atoms with Gasteiger partial charge in [-0.05, 0) is 18.2 Å². The molecule has 7 nitrogen and oxygen atoms in total. The summed E-state index contributed by atoms with van der Waals surface area (Å²) in [6, 6.07) is 21.0. The molecule has 0 aliphatic rings. The Bertz CT molecular complexity index is 1120. The first kappa shape index (κ1) is 21.4. The molecule has 0 N–H and O–H groups in total. The predicted molar refractivity (Wildman–Crippen MR) is 114 cm³/mol. The summed E-state index contributed by atoms with van der Waals surface area (Å²) in [5.41, 5.74) is 0.685. The van der Waals surface area contributed by atoms with Gasteiger partial charge in [0.15, 0.2) is 17.2 Å². The minimum absolute atomic E-state index is 0.137. The second-order valence-corrected chi connectivity index (χ2v) is 6.28. The molecule has 156 valence electrons. The van der Waals surface area contributed by atoms with Gasteiger partial charge in [0.05, 0.1) is 14.2 Å². The van der Waals surface area contributed by atoms with Crippen LogP contribution in [0.4, 0.5) is 0 Å². The van der Waals surface area contributed by atoms with Crippen molar-refractivity contribution in [3.05, 3.63) is 95.6 Å². The third kappa shape index (κ3) is 5.02. The Kier molecular flexibility index (Phi) is 6.90. The molecule has 0 fully saturated rings. The van der Waals surface area contributed by atoms with Gasteiger partial charge in [-0.3, -0.25) is 9.59 Å². The Labute approximate surface area is 178 Å². The summed E-state index contributed by atoms with van der Waals surface area (Å²) < 4.78 is 10.4. The lowest BCUT2D eigenvalue weighted by Crippen LogP contribution is -2.20. The van der Waals surface area contributed by atoms with E-state index in [0.29, 0.717) is 17.1 Å². The van der Waals surface area contributed by atoms with Crippen molar-refractivity contribution in [2.45, 2.75) is 0 Å². The first-order valence-corrected chi connectivity index (χ1v) is 9.26. The molecule has 7 heteroatoms. The number of hydrogen-bond donors (Lipinski definition) is 0. The van der Waals surface area contributed by atoms with E-state index < -0.39 is 17.5 Å². The van der Waals surface area contributed by atoms with E-state index in [1.807, 2.05) is 0 Å². The lowest BCUT2D eigenvalue weighted by Gasteiger charge is -2.10. The monoisotopic (exact) mass is 417 g/mol. The molecule has 0 spiro atoms. The second kappa shape index (κ2) is 9.98. The zero-order chi connectivity index (χ0) is 22.2. The van der Waals surface area contributed by atoms with Crippen molar-refractivity contribution in [2.75, 3.05) is 14.2 Å². The fourth-order valence-corrected chi connectivity index (χ4v) is 2.77. The van der Waals surface area contributed by atoms with Gasteiger partial charge in [0, 0.05) is 16.7 Å². The van der Waals surface area contributed by atoms with Crippen molar-refractivity contribution in [2.24, 2.45) is 5.16 Å². The quantitative estimate of drug-likeness (QED) is 0.182. The molecule has 0 bridgehead atoms.